The topological polar surface area (TPSA) is 113 Å². The quantitative estimate of drug-likeness (QED) is 0.171. The highest BCUT2D eigenvalue weighted by Crippen LogP contribution is 2.28. The molecule has 32 heavy (non-hydrogen) atoms. The molecule has 0 aliphatic carbocycles. The Bertz CT molecular complexity index is 720. The van der Waals surface area contributed by atoms with Crippen molar-refractivity contribution in [3.63, 3.8) is 0 Å². The molecule has 0 aromatic heterocycles. The monoisotopic (exact) mass is 450 g/mol. The van der Waals surface area contributed by atoms with E-state index in [0.29, 0.717) is 19.3 Å². The van der Waals surface area contributed by atoms with Crippen molar-refractivity contribution in [3.05, 3.63) is 48.1 Å². The molecule has 1 aliphatic heterocycles. The van der Waals surface area contributed by atoms with Crippen LogP contribution in [0.1, 0.15) is 47.0 Å². The molecule has 0 radical (unpaired) electrons. The molecule has 1 unspecified atom stereocenters. The molecule has 7 heteroatoms. The van der Waals surface area contributed by atoms with Gasteiger partial charge >= 0.3 is 11.9 Å². The van der Waals surface area contributed by atoms with Gasteiger partial charge in [-0.25, -0.2) is 9.59 Å². The maximum absolute atomic E-state index is 12.3. The van der Waals surface area contributed by atoms with E-state index in [1.165, 1.54) is 12.2 Å². The SMILES string of the molecule is C=C(C[C@H](C)C[C@H](C)[C@H]1OC(=O)C=C[C@H]1OC(=O)/C=C/C(C)=C/[C@@H](CO)CCO)C(C)O. The number of carbonyl (C=O) groups is 2. The molecule has 0 saturated carbocycles. The maximum atomic E-state index is 12.3. The zero-order valence-corrected chi connectivity index (χ0v) is 19.6. The van der Waals surface area contributed by atoms with Gasteiger partial charge in [-0.15, -0.1) is 0 Å². The van der Waals surface area contributed by atoms with Crippen molar-refractivity contribution in [2.75, 3.05) is 13.2 Å². The predicted octanol–water partition coefficient (Wildman–Crippen LogP) is 2.86. The van der Waals surface area contributed by atoms with Crippen molar-refractivity contribution >= 4 is 11.9 Å². The van der Waals surface area contributed by atoms with Gasteiger partial charge in [0.2, 0.25) is 0 Å². The minimum absolute atomic E-state index is 0.0289. The average Bonchev–Trinajstić information content (AvgIpc) is 2.72. The molecule has 0 aromatic carbocycles. The maximum Gasteiger partial charge on any atom is 0.331 e. The van der Waals surface area contributed by atoms with E-state index in [2.05, 4.69) is 6.58 Å². The van der Waals surface area contributed by atoms with Gasteiger partial charge in [-0.05, 0) is 56.6 Å². The molecule has 0 amide bonds. The lowest BCUT2D eigenvalue weighted by Crippen LogP contribution is -2.41. The van der Waals surface area contributed by atoms with E-state index in [9.17, 15) is 19.8 Å². The van der Waals surface area contributed by atoms with Crippen LogP contribution in [0.25, 0.3) is 0 Å². The number of ether oxygens (including phenoxy) is 2. The molecule has 0 bridgehead atoms. The predicted molar refractivity (Wildman–Crippen MR) is 122 cm³/mol. The molecular formula is C25H38O7. The van der Waals surface area contributed by atoms with Crippen LogP contribution in [0.5, 0.6) is 0 Å². The Labute approximate surface area is 191 Å². The van der Waals surface area contributed by atoms with Crippen LogP contribution in [-0.4, -0.2) is 58.8 Å². The van der Waals surface area contributed by atoms with Gasteiger partial charge in [-0.1, -0.05) is 38.2 Å². The highest BCUT2D eigenvalue weighted by Gasteiger charge is 2.34. The largest absolute Gasteiger partial charge is 0.455 e. The molecule has 0 fully saturated rings. The van der Waals surface area contributed by atoms with Gasteiger partial charge in [0.1, 0.15) is 6.10 Å². The molecule has 7 nitrogen and oxygen atoms in total. The van der Waals surface area contributed by atoms with Gasteiger partial charge < -0.3 is 24.8 Å². The zero-order chi connectivity index (χ0) is 24.3. The van der Waals surface area contributed by atoms with Crippen molar-refractivity contribution in [2.24, 2.45) is 17.8 Å². The van der Waals surface area contributed by atoms with E-state index in [0.717, 1.165) is 11.1 Å². The summed E-state index contributed by atoms with van der Waals surface area (Å²) < 4.78 is 11.0. The number of carbonyl (C=O) groups excluding carboxylic acids is 2. The Morgan fingerprint density at radius 1 is 1.28 bits per heavy atom. The van der Waals surface area contributed by atoms with E-state index < -0.39 is 30.3 Å². The number of hydrogen-bond acceptors (Lipinski definition) is 7. The summed E-state index contributed by atoms with van der Waals surface area (Å²) >= 11 is 0. The molecule has 0 spiro atoms. The van der Waals surface area contributed by atoms with E-state index in [1.807, 2.05) is 13.8 Å². The van der Waals surface area contributed by atoms with Gasteiger partial charge in [0, 0.05) is 31.3 Å². The molecule has 1 heterocycles. The highest BCUT2D eigenvalue weighted by molar-refractivity contribution is 5.85. The summed E-state index contributed by atoms with van der Waals surface area (Å²) in [6.07, 6.45) is 7.39. The lowest BCUT2D eigenvalue weighted by Gasteiger charge is -2.32. The standard InChI is InChI=1S/C25H38O7/c1-16(14-21(15-27)10-11-26)6-8-23(29)31-22-7-9-24(30)32-25(22)19(4)13-17(2)12-18(3)20(5)28/h6-9,14,17,19-22,25-28H,3,10-13,15H2,1-2,4-5H3/b8-6+,16-14+/t17-,19-,20?,21-,22+,25+/m0/s1. The molecule has 6 atom stereocenters. The molecule has 0 aromatic rings. The Balaban J connectivity index is 2.76. The lowest BCUT2D eigenvalue weighted by atomic mass is 9.86. The first kappa shape index (κ1) is 27.8. The van der Waals surface area contributed by atoms with E-state index in [4.69, 9.17) is 14.6 Å². The fourth-order valence-electron chi connectivity index (χ4n) is 3.73. The van der Waals surface area contributed by atoms with Gasteiger partial charge in [0.05, 0.1) is 6.10 Å². The Morgan fingerprint density at radius 3 is 2.56 bits per heavy atom. The summed E-state index contributed by atoms with van der Waals surface area (Å²) in [5, 5.41) is 27.9. The summed E-state index contributed by atoms with van der Waals surface area (Å²) in [6, 6.07) is 0. The van der Waals surface area contributed by atoms with Gasteiger partial charge in [0.25, 0.3) is 0 Å². The average molecular weight is 451 g/mol. The summed E-state index contributed by atoms with van der Waals surface area (Å²) in [7, 11) is 0. The molecule has 0 saturated heterocycles. The number of esters is 2. The van der Waals surface area contributed by atoms with Crippen LogP contribution in [0.4, 0.5) is 0 Å². The van der Waals surface area contributed by atoms with Crippen molar-refractivity contribution in [1.82, 2.24) is 0 Å². The van der Waals surface area contributed by atoms with Crippen LogP contribution in [0.2, 0.25) is 0 Å². The number of aliphatic hydroxyl groups is 3. The van der Waals surface area contributed by atoms with Crippen LogP contribution in [0.15, 0.2) is 48.1 Å². The van der Waals surface area contributed by atoms with Crippen molar-refractivity contribution in [1.29, 1.82) is 0 Å². The third-order valence-corrected chi connectivity index (χ3v) is 5.50. The number of cyclic esters (lactones) is 1. The fourth-order valence-corrected chi connectivity index (χ4v) is 3.73. The second kappa shape index (κ2) is 14.0. The third-order valence-electron chi connectivity index (χ3n) is 5.50. The van der Waals surface area contributed by atoms with Crippen molar-refractivity contribution in [2.45, 2.75) is 65.3 Å². The first-order valence-corrected chi connectivity index (χ1v) is 11.1. The number of allylic oxidation sites excluding steroid dienone is 2. The van der Waals surface area contributed by atoms with Crippen LogP contribution < -0.4 is 0 Å². The van der Waals surface area contributed by atoms with Crippen LogP contribution in [0.3, 0.4) is 0 Å². The molecular weight excluding hydrogens is 412 g/mol. The minimum atomic E-state index is -0.698. The molecule has 1 aliphatic rings. The first-order chi connectivity index (χ1) is 15.1. The Hall–Kier alpha value is -2.22. The van der Waals surface area contributed by atoms with Crippen LogP contribution in [0, 0.1) is 17.8 Å². The van der Waals surface area contributed by atoms with Crippen molar-refractivity contribution in [3.8, 4) is 0 Å². The Morgan fingerprint density at radius 2 is 1.97 bits per heavy atom. The summed E-state index contributed by atoms with van der Waals surface area (Å²) in [5.74, 6) is -1.09. The summed E-state index contributed by atoms with van der Waals surface area (Å²) in [6.45, 7) is 11.2. The summed E-state index contributed by atoms with van der Waals surface area (Å²) in [5.41, 5.74) is 1.52. The lowest BCUT2D eigenvalue weighted by molar-refractivity contribution is -0.164. The molecule has 180 valence electrons. The smallest absolute Gasteiger partial charge is 0.331 e. The normalized spacial score (nSPS) is 22.8. The minimum Gasteiger partial charge on any atom is -0.455 e. The van der Waals surface area contributed by atoms with Gasteiger partial charge in [-0.3, -0.25) is 0 Å². The van der Waals surface area contributed by atoms with E-state index >= 15 is 0 Å². The highest BCUT2D eigenvalue weighted by atomic mass is 16.6. The number of hydrogen-bond donors (Lipinski definition) is 3. The second-order valence-corrected chi connectivity index (χ2v) is 8.72. The first-order valence-electron chi connectivity index (χ1n) is 11.1. The molecule has 1 rings (SSSR count). The fraction of sp³-hybridized carbons (Fsp3) is 0.600. The van der Waals surface area contributed by atoms with Crippen LogP contribution >= 0.6 is 0 Å². The van der Waals surface area contributed by atoms with E-state index in [-0.39, 0.29) is 31.0 Å². The Kier molecular flexibility index (Phi) is 12.2. The van der Waals surface area contributed by atoms with Crippen molar-refractivity contribution < 1.29 is 34.4 Å². The second-order valence-electron chi connectivity index (χ2n) is 8.72. The number of aliphatic hydroxyl groups excluding tert-OH is 3. The van der Waals surface area contributed by atoms with Gasteiger partial charge in [-0.2, -0.15) is 0 Å². The van der Waals surface area contributed by atoms with Crippen LogP contribution in [-0.2, 0) is 19.1 Å². The third kappa shape index (κ3) is 9.94. The number of rotatable bonds is 13. The van der Waals surface area contributed by atoms with Gasteiger partial charge in [0.15, 0.2) is 6.10 Å². The zero-order valence-electron chi connectivity index (χ0n) is 19.6. The van der Waals surface area contributed by atoms with E-state index in [1.54, 1.807) is 32.1 Å². The summed E-state index contributed by atoms with van der Waals surface area (Å²) in [4.78, 5) is 24.2. The molecule has 3 N–H and O–H groups in total.